The summed E-state index contributed by atoms with van der Waals surface area (Å²) in [4.78, 5) is 72.0. The van der Waals surface area contributed by atoms with E-state index >= 15 is 0 Å². The van der Waals surface area contributed by atoms with Gasteiger partial charge in [-0.2, -0.15) is 5.10 Å². The predicted octanol–water partition coefficient (Wildman–Crippen LogP) is 3.96. The van der Waals surface area contributed by atoms with E-state index in [2.05, 4.69) is 20.4 Å². The van der Waals surface area contributed by atoms with Gasteiger partial charge in [0.05, 0.1) is 35.4 Å². The van der Waals surface area contributed by atoms with E-state index in [1.807, 2.05) is 26.0 Å². The van der Waals surface area contributed by atoms with Crippen LogP contribution in [0.1, 0.15) is 81.9 Å². The largest absolute Gasteiger partial charge is 0.444 e. The summed E-state index contributed by atoms with van der Waals surface area (Å²) >= 11 is 0. The fraction of sp³-hybridized carbons (Fsp3) is 0.571. The van der Waals surface area contributed by atoms with E-state index < -0.39 is 29.5 Å². The number of piperazine rings is 1. The van der Waals surface area contributed by atoms with Crippen LogP contribution in [0.2, 0.25) is 0 Å². The first-order valence-corrected chi connectivity index (χ1v) is 20.1. The summed E-state index contributed by atoms with van der Waals surface area (Å²) in [5.74, 6) is -1.22. The molecule has 3 aliphatic heterocycles. The Balaban J connectivity index is 0.912. The Morgan fingerprint density at radius 1 is 0.860 bits per heavy atom. The Bertz CT molecular complexity index is 1970. The Hall–Kier alpha value is -4.89. The number of fused-ring (bicyclic) bond motifs is 1. The highest BCUT2D eigenvalue weighted by molar-refractivity contribution is 5.95. The van der Waals surface area contributed by atoms with Gasteiger partial charge < -0.3 is 29.5 Å². The molecule has 1 atom stereocenters. The fourth-order valence-corrected chi connectivity index (χ4v) is 7.80. The van der Waals surface area contributed by atoms with Crippen molar-refractivity contribution in [2.75, 3.05) is 58.9 Å². The monoisotopic (exact) mass is 789 g/mol. The highest BCUT2D eigenvalue weighted by atomic mass is 19.1. The van der Waals surface area contributed by atoms with E-state index in [4.69, 9.17) is 9.47 Å². The zero-order chi connectivity index (χ0) is 40.9. The summed E-state index contributed by atoms with van der Waals surface area (Å²) < 4.78 is 26.8. The lowest BCUT2D eigenvalue weighted by Crippen LogP contribution is -2.54. The molecular formula is C42H56FN7O7. The quantitative estimate of drug-likeness (QED) is 0.311. The van der Waals surface area contributed by atoms with Crippen molar-refractivity contribution < 1.29 is 33.0 Å². The molecule has 2 N–H and O–H groups in total. The number of aromatic amines is 1. The van der Waals surface area contributed by atoms with Gasteiger partial charge in [0.2, 0.25) is 11.8 Å². The molecule has 308 valence electrons. The van der Waals surface area contributed by atoms with Crippen LogP contribution < -0.4 is 10.9 Å². The molecule has 0 bridgehead atoms. The molecule has 4 amide bonds. The molecule has 6 rings (SSSR count). The molecule has 3 fully saturated rings. The van der Waals surface area contributed by atoms with Crippen LogP contribution >= 0.6 is 0 Å². The van der Waals surface area contributed by atoms with Crippen LogP contribution in [-0.2, 0) is 25.5 Å². The van der Waals surface area contributed by atoms with E-state index in [0.717, 1.165) is 38.8 Å². The number of amides is 4. The zero-order valence-corrected chi connectivity index (χ0v) is 33.7. The van der Waals surface area contributed by atoms with Crippen LogP contribution in [0.5, 0.6) is 0 Å². The van der Waals surface area contributed by atoms with Crippen LogP contribution in [0.15, 0.2) is 47.3 Å². The minimum absolute atomic E-state index is 0.00757. The summed E-state index contributed by atoms with van der Waals surface area (Å²) in [6.07, 6.45) is 2.90. The first-order chi connectivity index (χ1) is 27.1. The maximum Gasteiger partial charge on any atom is 0.408 e. The van der Waals surface area contributed by atoms with E-state index in [1.165, 1.54) is 6.07 Å². The highest BCUT2D eigenvalue weighted by Gasteiger charge is 2.34. The van der Waals surface area contributed by atoms with E-state index in [1.54, 1.807) is 59.7 Å². The second kappa shape index (κ2) is 18.1. The fourth-order valence-electron chi connectivity index (χ4n) is 7.80. The van der Waals surface area contributed by atoms with Crippen LogP contribution in [0.25, 0.3) is 10.8 Å². The molecule has 15 heteroatoms. The molecule has 57 heavy (non-hydrogen) atoms. The summed E-state index contributed by atoms with van der Waals surface area (Å²) in [5, 5.41) is 10.7. The number of piperidine rings is 2. The van der Waals surface area contributed by atoms with Gasteiger partial charge in [0.15, 0.2) is 0 Å². The standard InChI is InChI=1S/C42H56FN7O7/c1-27(2)37(44-41(55)57-42(3,4)5)40(54)49-18-14-30(15-19-49)56-29-12-16-47(17-13-29)26-36(51)48-20-22-50(23-21-48)39(53)33-24-28(10-11-34(33)43)25-35-31-8-6-7-9-32(31)38(52)46-45-35/h6-11,24,27,29-30,37H,12-23,25-26H2,1-5H3,(H,44,55)(H,46,52)/t37-/m1/s1. The lowest BCUT2D eigenvalue weighted by Gasteiger charge is -2.39. The van der Waals surface area contributed by atoms with Crippen molar-refractivity contribution >= 4 is 34.6 Å². The summed E-state index contributed by atoms with van der Waals surface area (Å²) in [6, 6.07) is 10.9. The van der Waals surface area contributed by atoms with Gasteiger partial charge >= 0.3 is 6.09 Å². The van der Waals surface area contributed by atoms with Crippen molar-refractivity contribution in [2.45, 2.75) is 90.6 Å². The van der Waals surface area contributed by atoms with Gasteiger partial charge in [-0.25, -0.2) is 14.3 Å². The Labute approximate surface area is 333 Å². The summed E-state index contributed by atoms with van der Waals surface area (Å²) in [6.45, 7) is 13.4. The summed E-state index contributed by atoms with van der Waals surface area (Å²) in [7, 11) is 0. The predicted molar refractivity (Wildman–Crippen MR) is 212 cm³/mol. The molecule has 0 spiro atoms. The first kappa shape index (κ1) is 41.7. The lowest BCUT2D eigenvalue weighted by molar-refractivity contribution is -0.139. The van der Waals surface area contributed by atoms with Crippen LogP contribution in [0.3, 0.4) is 0 Å². The second-order valence-corrected chi connectivity index (χ2v) is 16.7. The molecule has 0 aliphatic carbocycles. The number of aromatic nitrogens is 2. The number of carbonyl (C=O) groups excluding carboxylic acids is 4. The Morgan fingerprint density at radius 2 is 1.47 bits per heavy atom. The third-order valence-electron chi connectivity index (χ3n) is 11.0. The molecule has 0 saturated carbocycles. The SMILES string of the molecule is CC(C)[C@@H](NC(=O)OC(C)(C)C)C(=O)N1CCC(OC2CCN(CC(=O)N3CCN(C(=O)c4cc(Cc5n[nH]c(=O)c6ccccc56)ccc4F)CC3)CC2)CC1. The van der Waals surface area contributed by atoms with Gasteiger partial charge in [0.25, 0.3) is 11.5 Å². The number of ether oxygens (including phenoxy) is 2. The van der Waals surface area contributed by atoms with Crippen LogP contribution in [-0.4, -0.2) is 136 Å². The van der Waals surface area contributed by atoms with Crippen LogP contribution in [0, 0.1) is 11.7 Å². The van der Waals surface area contributed by atoms with Crippen molar-refractivity contribution in [3.63, 3.8) is 0 Å². The second-order valence-electron chi connectivity index (χ2n) is 16.7. The minimum Gasteiger partial charge on any atom is -0.444 e. The number of nitrogens with zero attached hydrogens (tertiary/aromatic N) is 5. The third kappa shape index (κ3) is 10.7. The molecule has 3 aromatic rings. The number of rotatable bonds is 10. The zero-order valence-electron chi connectivity index (χ0n) is 33.7. The summed E-state index contributed by atoms with van der Waals surface area (Å²) in [5.41, 5.74) is 0.344. The molecule has 3 saturated heterocycles. The number of benzene rings is 2. The molecular weight excluding hydrogens is 734 g/mol. The van der Waals surface area contributed by atoms with E-state index in [0.29, 0.717) is 74.3 Å². The first-order valence-electron chi connectivity index (χ1n) is 20.1. The van der Waals surface area contributed by atoms with Gasteiger partial charge in [0.1, 0.15) is 17.5 Å². The number of hydrogen-bond acceptors (Lipinski definition) is 9. The average Bonchev–Trinajstić information content (AvgIpc) is 3.18. The Morgan fingerprint density at radius 3 is 2.11 bits per heavy atom. The molecule has 0 unspecified atom stereocenters. The molecule has 4 heterocycles. The van der Waals surface area contributed by atoms with E-state index in [-0.39, 0.29) is 41.1 Å². The van der Waals surface area contributed by atoms with Crippen molar-refractivity contribution in [3.8, 4) is 0 Å². The minimum atomic E-state index is -0.662. The smallest absolute Gasteiger partial charge is 0.408 e. The van der Waals surface area contributed by atoms with Crippen LogP contribution in [0.4, 0.5) is 9.18 Å². The Kier molecular flexibility index (Phi) is 13.3. The van der Waals surface area contributed by atoms with Gasteiger partial charge in [0, 0.05) is 64.2 Å². The number of likely N-dealkylation sites (tertiary alicyclic amines) is 2. The number of alkyl carbamates (subject to hydrolysis) is 1. The maximum atomic E-state index is 15.0. The number of carbonyl (C=O) groups is 4. The maximum absolute atomic E-state index is 15.0. The lowest BCUT2D eigenvalue weighted by atomic mass is 10.00. The number of H-pyrrole nitrogens is 1. The number of hydrogen-bond donors (Lipinski definition) is 2. The van der Waals surface area contributed by atoms with Crippen molar-refractivity contribution in [2.24, 2.45) is 5.92 Å². The van der Waals surface area contributed by atoms with Gasteiger partial charge in [-0.3, -0.25) is 24.1 Å². The molecule has 0 radical (unpaired) electrons. The third-order valence-corrected chi connectivity index (χ3v) is 11.0. The van der Waals surface area contributed by atoms with E-state index in [9.17, 15) is 28.4 Å². The molecule has 1 aromatic heterocycles. The average molecular weight is 790 g/mol. The highest BCUT2D eigenvalue weighted by Crippen LogP contribution is 2.24. The normalized spacial score (nSPS) is 18.2. The van der Waals surface area contributed by atoms with Gasteiger partial charge in [-0.1, -0.05) is 38.1 Å². The van der Waals surface area contributed by atoms with Gasteiger partial charge in [-0.05, 0) is 76.1 Å². The molecule has 14 nitrogen and oxygen atoms in total. The number of nitrogens with one attached hydrogen (secondary N) is 2. The topological polar surface area (TPSA) is 157 Å². The number of halogens is 1. The molecule has 3 aliphatic rings. The molecule has 2 aromatic carbocycles. The van der Waals surface area contributed by atoms with Gasteiger partial charge in [-0.15, -0.1) is 0 Å². The van der Waals surface area contributed by atoms with Crippen molar-refractivity contribution in [3.05, 3.63) is 75.5 Å². The van der Waals surface area contributed by atoms with Crippen molar-refractivity contribution in [1.82, 2.24) is 35.1 Å². The van der Waals surface area contributed by atoms with Crippen molar-refractivity contribution in [1.29, 1.82) is 0 Å².